The number of pyridine rings is 2. The molecule has 132 valence electrons. The lowest BCUT2D eigenvalue weighted by molar-refractivity contribution is -0.141. The lowest BCUT2D eigenvalue weighted by atomic mass is 10.1. The van der Waals surface area contributed by atoms with Crippen molar-refractivity contribution >= 4 is 11.6 Å². The van der Waals surface area contributed by atoms with Crippen LogP contribution in [0.2, 0.25) is 0 Å². The molecule has 0 aliphatic carbocycles. The Morgan fingerprint density at radius 2 is 1.96 bits per heavy atom. The number of carbonyl (C=O) groups excluding carboxylic acids is 1. The molecule has 0 radical (unpaired) electrons. The van der Waals surface area contributed by atoms with Gasteiger partial charge in [-0.1, -0.05) is 0 Å². The maximum Gasteiger partial charge on any atom is 0.433 e. The molecule has 0 aromatic carbocycles. The van der Waals surface area contributed by atoms with Gasteiger partial charge in [0.25, 0.3) is 5.91 Å². The fraction of sp³-hybridized carbons (Fsp3) is 0.176. The van der Waals surface area contributed by atoms with Gasteiger partial charge in [-0.2, -0.15) is 18.3 Å². The molecule has 6 nitrogen and oxygen atoms in total. The Hall–Kier alpha value is -3.23. The number of rotatable bonds is 2. The van der Waals surface area contributed by atoms with Crippen LogP contribution in [0.25, 0.3) is 5.69 Å². The maximum absolute atomic E-state index is 12.9. The lowest BCUT2D eigenvalue weighted by Gasteiger charge is -2.26. The van der Waals surface area contributed by atoms with Crippen LogP contribution in [0.5, 0.6) is 0 Å². The van der Waals surface area contributed by atoms with Gasteiger partial charge in [0, 0.05) is 37.2 Å². The van der Waals surface area contributed by atoms with Gasteiger partial charge in [-0.05, 0) is 24.3 Å². The Labute approximate surface area is 145 Å². The molecule has 3 aromatic rings. The van der Waals surface area contributed by atoms with E-state index in [9.17, 15) is 18.0 Å². The number of hydrogen-bond acceptors (Lipinski definition) is 4. The summed E-state index contributed by atoms with van der Waals surface area (Å²) in [5.41, 5.74) is 0.812. The largest absolute Gasteiger partial charge is 0.433 e. The summed E-state index contributed by atoms with van der Waals surface area (Å²) in [7, 11) is 0. The summed E-state index contributed by atoms with van der Waals surface area (Å²) in [5, 5.41) is 4.39. The molecule has 1 amide bonds. The first-order valence-corrected chi connectivity index (χ1v) is 7.77. The van der Waals surface area contributed by atoms with Gasteiger partial charge in [-0.15, -0.1) is 0 Å². The van der Waals surface area contributed by atoms with Crippen LogP contribution >= 0.6 is 0 Å². The Kier molecular flexibility index (Phi) is 3.71. The van der Waals surface area contributed by atoms with E-state index in [0.29, 0.717) is 23.4 Å². The van der Waals surface area contributed by atoms with Crippen molar-refractivity contribution in [3.8, 4) is 5.69 Å². The number of halogens is 3. The van der Waals surface area contributed by atoms with Crippen molar-refractivity contribution in [1.29, 1.82) is 0 Å². The molecule has 0 fully saturated rings. The molecule has 1 aliphatic rings. The van der Waals surface area contributed by atoms with Crippen molar-refractivity contribution < 1.29 is 18.0 Å². The van der Waals surface area contributed by atoms with Crippen LogP contribution in [0.4, 0.5) is 18.9 Å². The summed E-state index contributed by atoms with van der Waals surface area (Å²) >= 11 is 0. The first-order valence-electron chi connectivity index (χ1n) is 7.77. The number of nitrogens with zero attached hydrogens (tertiary/aromatic N) is 5. The molecule has 4 heterocycles. The van der Waals surface area contributed by atoms with E-state index in [1.165, 1.54) is 11.0 Å². The standard InChI is InChI=1S/C17H12F3N5O/c18-17(19,20)15-8-11(3-6-22-15)24-7-4-14-13(16(24)26)10-25(23-14)12-2-1-5-21-9-12/h1-3,5-6,8-10H,4,7H2. The molecule has 0 bridgehead atoms. The number of alkyl halides is 3. The topological polar surface area (TPSA) is 63.9 Å². The molecule has 0 saturated heterocycles. The smallest absolute Gasteiger partial charge is 0.308 e. The Bertz CT molecular complexity index is 968. The predicted molar refractivity (Wildman–Crippen MR) is 86.0 cm³/mol. The van der Waals surface area contributed by atoms with Crippen LogP contribution in [-0.2, 0) is 12.6 Å². The maximum atomic E-state index is 12.9. The zero-order chi connectivity index (χ0) is 18.3. The molecule has 0 spiro atoms. The fourth-order valence-electron chi connectivity index (χ4n) is 2.85. The Morgan fingerprint density at radius 3 is 2.69 bits per heavy atom. The van der Waals surface area contributed by atoms with E-state index in [-0.39, 0.29) is 18.1 Å². The monoisotopic (exact) mass is 359 g/mol. The highest BCUT2D eigenvalue weighted by Crippen LogP contribution is 2.31. The molecule has 9 heteroatoms. The van der Waals surface area contributed by atoms with Crippen molar-refractivity contribution in [2.75, 3.05) is 11.4 Å². The minimum absolute atomic E-state index is 0.164. The highest BCUT2D eigenvalue weighted by atomic mass is 19.4. The molecular weight excluding hydrogens is 347 g/mol. The number of fused-ring (bicyclic) bond motifs is 1. The zero-order valence-corrected chi connectivity index (χ0v) is 13.3. The summed E-state index contributed by atoms with van der Waals surface area (Å²) in [5.74, 6) is -0.388. The van der Waals surface area contributed by atoms with Crippen molar-refractivity contribution in [2.24, 2.45) is 0 Å². The van der Waals surface area contributed by atoms with Gasteiger partial charge in [-0.3, -0.25) is 14.8 Å². The van der Waals surface area contributed by atoms with Crippen LogP contribution in [-0.4, -0.2) is 32.2 Å². The van der Waals surface area contributed by atoms with Crippen LogP contribution in [0.3, 0.4) is 0 Å². The third kappa shape index (κ3) is 2.81. The minimum atomic E-state index is -4.56. The first-order chi connectivity index (χ1) is 12.4. The number of carbonyl (C=O) groups is 1. The van der Waals surface area contributed by atoms with E-state index in [0.717, 1.165) is 12.3 Å². The second-order valence-corrected chi connectivity index (χ2v) is 5.75. The highest BCUT2D eigenvalue weighted by Gasteiger charge is 2.34. The normalized spacial score (nSPS) is 14.4. The molecule has 0 atom stereocenters. The summed E-state index contributed by atoms with van der Waals surface area (Å²) in [4.78, 5) is 21.4. The fourth-order valence-corrected chi connectivity index (χ4v) is 2.85. The molecule has 0 saturated carbocycles. The molecular formula is C17H12F3N5O. The first kappa shape index (κ1) is 16.2. The summed E-state index contributed by atoms with van der Waals surface area (Å²) < 4.78 is 40.2. The van der Waals surface area contributed by atoms with Crippen LogP contribution in [0, 0.1) is 0 Å². The van der Waals surface area contributed by atoms with Crippen LogP contribution < -0.4 is 4.90 Å². The molecule has 3 aromatic heterocycles. The number of anilines is 1. The van der Waals surface area contributed by atoms with E-state index in [4.69, 9.17) is 0 Å². The van der Waals surface area contributed by atoms with Gasteiger partial charge in [0.1, 0.15) is 5.69 Å². The molecule has 0 N–H and O–H groups in total. The van der Waals surface area contributed by atoms with Gasteiger partial charge >= 0.3 is 6.18 Å². The number of hydrogen-bond donors (Lipinski definition) is 0. The van der Waals surface area contributed by atoms with E-state index in [1.807, 2.05) is 0 Å². The third-order valence-corrected chi connectivity index (χ3v) is 4.09. The van der Waals surface area contributed by atoms with Crippen molar-refractivity contribution in [1.82, 2.24) is 19.7 Å². The van der Waals surface area contributed by atoms with Gasteiger partial charge in [-0.25, -0.2) is 4.68 Å². The number of aromatic nitrogens is 4. The van der Waals surface area contributed by atoms with E-state index < -0.39 is 11.9 Å². The van der Waals surface area contributed by atoms with Crippen molar-refractivity contribution in [2.45, 2.75) is 12.6 Å². The van der Waals surface area contributed by atoms with E-state index in [2.05, 4.69) is 15.1 Å². The van der Waals surface area contributed by atoms with Crippen molar-refractivity contribution in [3.05, 3.63) is 66.0 Å². The van der Waals surface area contributed by atoms with Gasteiger partial charge in [0.15, 0.2) is 0 Å². The van der Waals surface area contributed by atoms with Crippen LogP contribution in [0.15, 0.2) is 49.1 Å². The lowest BCUT2D eigenvalue weighted by Crippen LogP contribution is -2.37. The number of amides is 1. The molecule has 26 heavy (non-hydrogen) atoms. The van der Waals surface area contributed by atoms with Gasteiger partial charge in [0.2, 0.25) is 0 Å². The van der Waals surface area contributed by atoms with Gasteiger partial charge < -0.3 is 4.90 Å². The van der Waals surface area contributed by atoms with Crippen molar-refractivity contribution in [3.63, 3.8) is 0 Å². The SMILES string of the molecule is O=C1c2cn(-c3cccnc3)nc2CCN1c1ccnc(C(F)(F)F)c1. The average Bonchev–Trinajstić information content (AvgIpc) is 3.07. The Morgan fingerprint density at radius 1 is 1.12 bits per heavy atom. The molecule has 4 rings (SSSR count). The second-order valence-electron chi connectivity index (χ2n) is 5.75. The minimum Gasteiger partial charge on any atom is -0.308 e. The average molecular weight is 359 g/mol. The second kappa shape index (κ2) is 5.94. The highest BCUT2D eigenvalue weighted by molar-refractivity contribution is 6.07. The summed E-state index contributed by atoms with van der Waals surface area (Å²) in [6.45, 7) is 0.247. The zero-order valence-electron chi connectivity index (χ0n) is 13.3. The molecule has 1 aliphatic heterocycles. The third-order valence-electron chi connectivity index (χ3n) is 4.09. The quantitative estimate of drug-likeness (QED) is 0.706. The van der Waals surface area contributed by atoms with Crippen LogP contribution in [0.1, 0.15) is 21.7 Å². The predicted octanol–water partition coefficient (Wildman–Crippen LogP) is 2.88. The molecule has 0 unspecified atom stereocenters. The van der Waals surface area contributed by atoms with E-state index >= 15 is 0 Å². The summed E-state index contributed by atoms with van der Waals surface area (Å²) in [6.07, 6.45) is 1.75. The van der Waals surface area contributed by atoms with Gasteiger partial charge in [0.05, 0.1) is 23.1 Å². The summed E-state index contributed by atoms with van der Waals surface area (Å²) in [6, 6.07) is 5.82. The Balaban J connectivity index is 1.68. The van der Waals surface area contributed by atoms with E-state index in [1.54, 1.807) is 35.4 Å².